The van der Waals surface area contributed by atoms with Crippen LogP contribution in [0, 0.1) is 0 Å². The quantitative estimate of drug-likeness (QED) is 0.840. The fourth-order valence-electron chi connectivity index (χ4n) is 2.43. The zero-order chi connectivity index (χ0) is 14.5. The topological polar surface area (TPSA) is 76.2 Å². The fourth-order valence-corrected chi connectivity index (χ4v) is 2.43. The number of aromatic nitrogens is 2. The van der Waals surface area contributed by atoms with E-state index in [1.807, 2.05) is 30.5 Å². The number of para-hydroxylation sites is 2. The smallest absolute Gasteiger partial charge is 0.0922 e. The molecule has 1 aromatic carbocycles. The maximum absolute atomic E-state index is 5.73. The van der Waals surface area contributed by atoms with Gasteiger partial charge in [0.2, 0.25) is 0 Å². The molecule has 1 aromatic heterocycles. The molecule has 3 rings (SSSR count). The number of allylic oxidation sites excluding steroid dienone is 1. The van der Waals surface area contributed by atoms with E-state index < -0.39 is 0 Å². The maximum Gasteiger partial charge on any atom is 0.0922 e. The van der Waals surface area contributed by atoms with Crippen molar-refractivity contribution in [1.29, 1.82) is 0 Å². The fraction of sp³-hybridized carbons (Fsp3) is 0.312. The highest BCUT2D eigenvalue weighted by molar-refractivity contribution is 6.09. The summed E-state index contributed by atoms with van der Waals surface area (Å²) in [6, 6.07) is 8.17. The van der Waals surface area contributed by atoms with Crippen molar-refractivity contribution >= 4 is 22.8 Å². The second-order valence-corrected chi connectivity index (χ2v) is 5.13. The van der Waals surface area contributed by atoms with Crippen LogP contribution in [0.15, 0.2) is 41.7 Å². The Balaban J connectivity index is 1.82. The van der Waals surface area contributed by atoms with Crippen LogP contribution in [0.3, 0.4) is 0 Å². The van der Waals surface area contributed by atoms with E-state index in [1.54, 1.807) is 12.4 Å². The van der Waals surface area contributed by atoms with E-state index in [0.29, 0.717) is 6.04 Å². The Morgan fingerprint density at radius 3 is 2.76 bits per heavy atom. The molecule has 1 saturated heterocycles. The van der Waals surface area contributed by atoms with Gasteiger partial charge in [0, 0.05) is 18.0 Å². The van der Waals surface area contributed by atoms with Crippen molar-refractivity contribution in [3.8, 4) is 0 Å². The van der Waals surface area contributed by atoms with Gasteiger partial charge in [-0.1, -0.05) is 12.1 Å². The molecule has 0 atom stereocenters. The normalized spacial score (nSPS) is 17.6. The van der Waals surface area contributed by atoms with Crippen LogP contribution in [0.4, 0.5) is 0 Å². The van der Waals surface area contributed by atoms with Crippen LogP contribution in [0.25, 0.3) is 16.6 Å². The predicted octanol–water partition coefficient (Wildman–Crippen LogP) is 1.75. The number of piperidine rings is 1. The molecule has 0 spiro atoms. The van der Waals surface area contributed by atoms with Gasteiger partial charge in [0.25, 0.3) is 0 Å². The zero-order valence-electron chi connectivity index (χ0n) is 11.9. The first-order chi connectivity index (χ1) is 10.4. The summed E-state index contributed by atoms with van der Waals surface area (Å²) in [6.07, 6.45) is 7.25. The Labute approximate surface area is 124 Å². The Morgan fingerprint density at radius 2 is 2.00 bits per heavy atom. The Bertz CT molecular complexity index is 671. The third-order valence-corrected chi connectivity index (χ3v) is 3.66. The minimum absolute atomic E-state index is 0.370. The summed E-state index contributed by atoms with van der Waals surface area (Å²) in [7, 11) is 0. The highest BCUT2D eigenvalue weighted by atomic mass is 14.9. The van der Waals surface area contributed by atoms with E-state index in [-0.39, 0.29) is 0 Å². The first kappa shape index (κ1) is 13.7. The molecule has 5 heteroatoms. The second kappa shape index (κ2) is 6.45. The zero-order valence-corrected chi connectivity index (χ0v) is 11.9. The molecule has 21 heavy (non-hydrogen) atoms. The molecular weight excluding hydrogens is 262 g/mol. The van der Waals surface area contributed by atoms with E-state index in [0.717, 1.165) is 48.2 Å². The number of aliphatic imine (C=N–C) groups is 1. The number of fused-ring (bicyclic) bond motifs is 1. The van der Waals surface area contributed by atoms with E-state index in [4.69, 9.17) is 5.73 Å². The molecule has 3 N–H and O–H groups in total. The average Bonchev–Trinajstić information content (AvgIpc) is 2.56. The van der Waals surface area contributed by atoms with Crippen molar-refractivity contribution in [2.24, 2.45) is 10.7 Å². The summed E-state index contributed by atoms with van der Waals surface area (Å²) in [6.45, 7) is 2.05. The van der Waals surface area contributed by atoms with E-state index in [9.17, 15) is 0 Å². The highest BCUT2D eigenvalue weighted by Gasteiger charge is 2.11. The molecular formula is C16H19N5. The Kier molecular flexibility index (Phi) is 4.21. The van der Waals surface area contributed by atoms with Crippen molar-refractivity contribution in [1.82, 2.24) is 15.3 Å². The van der Waals surface area contributed by atoms with Gasteiger partial charge in [-0.15, -0.1) is 0 Å². The number of rotatable bonds is 3. The summed E-state index contributed by atoms with van der Waals surface area (Å²) in [5, 5.41) is 3.33. The lowest BCUT2D eigenvalue weighted by Gasteiger charge is -2.18. The summed E-state index contributed by atoms with van der Waals surface area (Å²) >= 11 is 0. The largest absolute Gasteiger partial charge is 0.404 e. The maximum atomic E-state index is 5.73. The molecule has 0 aliphatic carbocycles. The van der Waals surface area contributed by atoms with E-state index in [1.165, 1.54) is 0 Å². The van der Waals surface area contributed by atoms with E-state index in [2.05, 4.69) is 20.3 Å². The van der Waals surface area contributed by atoms with Crippen LogP contribution < -0.4 is 11.1 Å². The van der Waals surface area contributed by atoms with Gasteiger partial charge < -0.3 is 11.1 Å². The summed E-state index contributed by atoms with van der Waals surface area (Å²) in [4.78, 5) is 13.6. The molecule has 0 saturated carbocycles. The van der Waals surface area contributed by atoms with Crippen molar-refractivity contribution in [2.75, 3.05) is 13.1 Å². The first-order valence-electron chi connectivity index (χ1n) is 7.25. The SMILES string of the molecule is NC=C(C=NC1CCNCC1)c1cnc2ccccc2n1. The van der Waals surface area contributed by atoms with E-state index >= 15 is 0 Å². The number of nitrogens with two attached hydrogens (primary N) is 1. The lowest BCUT2D eigenvalue weighted by Crippen LogP contribution is -2.29. The summed E-state index contributed by atoms with van der Waals surface area (Å²) < 4.78 is 0. The van der Waals surface area contributed by atoms with Crippen LogP contribution in [0.1, 0.15) is 18.5 Å². The molecule has 0 unspecified atom stereocenters. The molecule has 108 valence electrons. The lowest BCUT2D eigenvalue weighted by molar-refractivity contribution is 0.461. The van der Waals surface area contributed by atoms with Crippen molar-refractivity contribution in [3.05, 3.63) is 42.4 Å². The minimum atomic E-state index is 0.370. The van der Waals surface area contributed by atoms with Gasteiger partial charge in [0.1, 0.15) is 0 Å². The minimum Gasteiger partial charge on any atom is -0.404 e. The molecule has 0 amide bonds. The molecule has 5 nitrogen and oxygen atoms in total. The monoisotopic (exact) mass is 281 g/mol. The molecule has 0 radical (unpaired) electrons. The first-order valence-corrected chi connectivity index (χ1v) is 7.25. The van der Waals surface area contributed by atoms with Crippen molar-refractivity contribution < 1.29 is 0 Å². The van der Waals surface area contributed by atoms with Crippen molar-refractivity contribution in [3.63, 3.8) is 0 Å². The molecule has 2 heterocycles. The summed E-state index contributed by atoms with van der Waals surface area (Å²) in [5.74, 6) is 0. The van der Waals surface area contributed by atoms with Gasteiger partial charge >= 0.3 is 0 Å². The summed E-state index contributed by atoms with van der Waals surface area (Å²) in [5.41, 5.74) is 9.05. The van der Waals surface area contributed by atoms with Crippen LogP contribution in [0.2, 0.25) is 0 Å². The molecule has 1 aliphatic rings. The molecule has 0 bridgehead atoms. The average molecular weight is 281 g/mol. The van der Waals surface area contributed by atoms with Crippen molar-refractivity contribution in [2.45, 2.75) is 18.9 Å². The third-order valence-electron chi connectivity index (χ3n) is 3.66. The Morgan fingerprint density at radius 1 is 1.24 bits per heavy atom. The number of benzene rings is 1. The third kappa shape index (κ3) is 3.25. The standard InChI is InChI=1S/C16H19N5/c17-9-12(10-19-13-5-7-18-8-6-13)16-11-20-14-3-1-2-4-15(14)21-16/h1-4,9-11,13,18H,5-8,17H2. The lowest BCUT2D eigenvalue weighted by atomic mass is 10.1. The van der Waals surface area contributed by atoms with Gasteiger partial charge in [0.05, 0.1) is 29.0 Å². The number of nitrogens with zero attached hydrogens (tertiary/aromatic N) is 3. The van der Waals surface area contributed by atoms with Gasteiger partial charge in [-0.3, -0.25) is 9.98 Å². The van der Waals surface area contributed by atoms with Crippen LogP contribution in [0.5, 0.6) is 0 Å². The number of hydrogen-bond donors (Lipinski definition) is 2. The van der Waals surface area contributed by atoms with Gasteiger partial charge in [-0.2, -0.15) is 0 Å². The second-order valence-electron chi connectivity index (χ2n) is 5.13. The van der Waals surface area contributed by atoms with Crippen LogP contribution in [-0.2, 0) is 0 Å². The molecule has 1 fully saturated rings. The number of hydrogen-bond acceptors (Lipinski definition) is 5. The van der Waals surface area contributed by atoms with Crippen LogP contribution in [-0.4, -0.2) is 35.3 Å². The van der Waals surface area contributed by atoms with Gasteiger partial charge in [0.15, 0.2) is 0 Å². The number of nitrogens with one attached hydrogen (secondary N) is 1. The molecule has 1 aliphatic heterocycles. The Hall–Kier alpha value is -2.27. The van der Waals surface area contributed by atoms with Gasteiger partial charge in [-0.25, -0.2) is 4.98 Å². The highest BCUT2D eigenvalue weighted by Crippen LogP contribution is 2.14. The van der Waals surface area contributed by atoms with Crippen LogP contribution >= 0.6 is 0 Å². The predicted molar refractivity (Wildman–Crippen MR) is 86.1 cm³/mol. The van der Waals surface area contributed by atoms with Gasteiger partial charge in [-0.05, 0) is 38.1 Å². The molecule has 2 aromatic rings.